The zero-order chi connectivity index (χ0) is 17.0. The van der Waals surface area contributed by atoms with Gasteiger partial charge < -0.3 is 10.1 Å². The van der Waals surface area contributed by atoms with Crippen LogP contribution in [0, 0.1) is 6.92 Å². The number of ether oxygens (including phenoxy) is 1. The molecule has 0 aromatic heterocycles. The van der Waals surface area contributed by atoms with Crippen LogP contribution in [-0.4, -0.2) is 12.5 Å². The van der Waals surface area contributed by atoms with Crippen LogP contribution < -0.4 is 10.1 Å². The molecule has 0 aliphatic rings. The van der Waals surface area contributed by atoms with Crippen molar-refractivity contribution in [3.05, 3.63) is 57.6 Å². The van der Waals surface area contributed by atoms with Crippen LogP contribution >= 0.6 is 23.2 Å². The first-order valence-corrected chi connectivity index (χ1v) is 8.11. The Bertz CT molecular complexity index is 714. The van der Waals surface area contributed by atoms with Crippen molar-refractivity contribution < 1.29 is 9.53 Å². The molecule has 1 amide bonds. The van der Waals surface area contributed by atoms with E-state index in [0.29, 0.717) is 21.7 Å². The van der Waals surface area contributed by atoms with Crippen molar-refractivity contribution in [2.75, 3.05) is 11.9 Å². The van der Waals surface area contributed by atoms with E-state index in [1.54, 1.807) is 18.2 Å². The SMILES string of the molecule is Cc1ccc(C(C)C)c(OCC(=O)Nc2cccc(Cl)c2Cl)c1. The average Bonchev–Trinajstić information content (AvgIpc) is 2.49. The molecule has 1 N–H and O–H groups in total. The van der Waals surface area contributed by atoms with E-state index in [2.05, 4.69) is 19.2 Å². The van der Waals surface area contributed by atoms with Gasteiger partial charge in [0, 0.05) is 0 Å². The van der Waals surface area contributed by atoms with Gasteiger partial charge in [-0.2, -0.15) is 0 Å². The highest BCUT2D eigenvalue weighted by atomic mass is 35.5. The molecule has 0 bridgehead atoms. The summed E-state index contributed by atoms with van der Waals surface area (Å²) in [7, 11) is 0. The minimum Gasteiger partial charge on any atom is -0.483 e. The van der Waals surface area contributed by atoms with Gasteiger partial charge in [0.15, 0.2) is 6.61 Å². The van der Waals surface area contributed by atoms with Crippen molar-refractivity contribution in [2.24, 2.45) is 0 Å². The number of carbonyl (C=O) groups excluding carboxylic acids is 1. The van der Waals surface area contributed by atoms with Crippen LogP contribution in [0.3, 0.4) is 0 Å². The first-order chi connectivity index (χ1) is 10.9. The van der Waals surface area contributed by atoms with Gasteiger partial charge in [-0.25, -0.2) is 0 Å². The molecule has 0 saturated heterocycles. The molecular formula is C18H19Cl2NO2. The molecule has 0 atom stereocenters. The van der Waals surface area contributed by atoms with E-state index in [1.807, 2.05) is 25.1 Å². The van der Waals surface area contributed by atoms with Gasteiger partial charge in [-0.3, -0.25) is 4.79 Å². The van der Waals surface area contributed by atoms with Gasteiger partial charge in [-0.1, -0.05) is 55.2 Å². The second kappa shape index (κ2) is 7.71. The van der Waals surface area contributed by atoms with Gasteiger partial charge in [0.25, 0.3) is 5.91 Å². The molecule has 0 fully saturated rings. The van der Waals surface area contributed by atoms with Crippen molar-refractivity contribution in [1.82, 2.24) is 0 Å². The molecule has 122 valence electrons. The van der Waals surface area contributed by atoms with Crippen LogP contribution in [0.15, 0.2) is 36.4 Å². The molecule has 0 radical (unpaired) electrons. The lowest BCUT2D eigenvalue weighted by Gasteiger charge is -2.15. The van der Waals surface area contributed by atoms with Gasteiger partial charge in [0.2, 0.25) is 0 Å². The summed E-state index contributed by atoms with van der Waals surface area (Å²) in [6.45, 7) is 6.07. The highest BCUT2D eigenvalue weighted by Gasteiger charge is 2.12. The van der Waals surface area contributed by atoms with Gasteiger partial charge in [0.1, 0.15) is 5.75 Å². The predicted octanol–water partition coefficient (Wildman–Crippen LogP) is 5.44. The summed E-state index contributed by atoms with van der Waals surface area (Å²) >= 11 is 12.0. The van der Waals surface area contributed by atoms with E-state index in [1.165, 1.54) is 0 Å². The van der Waals surface area contributed by atoms with Gasteiger partial charge in [-0.05, 0) is 42.2 Å². The fourth-order valence-corrected chi connectivity index (χ4v) is 2.52. The third-order valence-corrected chi connectivity index (χ3v) is 4.19. The second-order valence-corrected chi connectivity index (χ2v) is 6.42. The van der Waals surface area contributed by atoms with E-state index < -0.39 is 0 Å². The highest BCUT2D eigenvalue weighted by Crippen LogP contribution is 2.30. The van der Waals surface area contributed by atoms with E-state index in [4.69, 9.17) is 27.9 Å². The topological polar surface area (TPSA) is 38.3 Å². The first kappa shape index (κ1) is 17.6. The minimum atomic E-state index is -0.287. The van der Waals surface area contributed by atoms with Gasteiger partial charge in [-0.15, -0.1) is 0 Å². The molecule has 0 unspecified atom stereocenters. The molecule has 2 rings (SSSR count). The zero-order valence-electron chi connectivity index (χ0n) is 13.3. The quantitative estimate of drug-likeness (QED) is 0.778. The number of halogens is 2. The summed E-state index contributed by atoms with van der Waals surface area (Å²) in [6.07, 6.45) is 0. The van der Waals surface area contributed by atoms with Crippen LogP contribution in [0.1, 0.15) is 30.9 Å². The molecule has 0 saturated carbocycles. The predicted molar refractivity (Wildman–Crippen MR) is 95.9 cm³/mol. The molecule has 23 heavy (non-hydrogen) atoms. The van der Waals surface area contributed by atoms with Crippen LogP contribution in [0.4, 0.5) is 5.69 Å². The van der Waals surface area contributed by atoms with E-state index in [0.717, 1.165) is 16.9 Å². The smallest absolute Gasteiger partial charge is 0.262 e. The Morgan fingerprint density at radius 3 is 2.65 bits per heavy atom. The van der Waals surface area contributed by atoms with Crippen molar-refractivity contribution >= 4 is 34.8 Å². The number of anilines is 1. The average molecular weight is 352 g/mol. The number of nitrogens with one attached hydrogen (secondary N) is 1. The fraction of sp³-hybridized carbons (Fsp3) is 0.278. The van der Waals surface area contributed by atoms with Crippen LogP contribution in [0.25, 0.3) is 0 Å². The molecule has 2 aromatic carbocycles. The monoisotopic (exact) mass is 351 g/mol. The number of hydrogen-bond acceptors (Lipinski definition) is 2. The Balaban J connectivity index is 2.05. The summed E-state index contributed by atoms with van der Waals surface area (Å²) in [5.41, 5.74) is 2.63. The molecule has 2 aromatic rings. The Kier molecular flexibility index (Phi) is 5.91. The van der Waals surface area contributed by atoms with Crippen LogP contribution in [0.5, 0.6) is 5.75 Å². The Labute approximate surface area is 146 Å². The number of amides is 1. The summed E-state index contributed by atoms with van der Waals surface area (Å²) in [5, 5.41) is 3.42. The second-order valence-electron chi connectivity index (χ2n) is 5.63. The maximum Gasteiger partial charge on any atom is 0.262 e. The number of carbonyl (C=O) groups is 1. The lowest BCUT2D eigenvalue weighted by molar-refractivity contribution is -0.118. The largest absolute Gasteiger partial charge is 0.483 e. The van der Waals surface area contributed by atoms with Crippen molar-refractivity contribution in [3.63, 3.8) is 0 Å². The van der Waals surface area contributed by atoms with E-state index in [-0.39, 0.29) is 12.5 Å². The van der Waals surface area contributed by atoms with Gasteiger partial charge >= 0.3 is 0 Å². The molecule has 5 heteroatoms. The summed E-state index contributed by atoms with van der Waals surface area (Å²) in [4.78, 5) is 12.1. The summed E-state index contributed by atoms with van der Waals surface area (Å²) in [5.74, 6) is 0.758. The molecule has 3 nitrogen and oxygen atoms in total. The minimum absolute atomic E-state index is 0.0913. The third kappa shape index (κ3) is 4.63. The van der Waals surface area contributed by atoms with E-state index in [9.17, 15) is 4.79 Å². The Morgan fingerprint density at radius 1 is 1.22 bits per heavy atom. The summed E-state index contributed by atoms with van der Waals surface area (Å²) in [6, 6.07) is 11.1. The van der Waals surface area contributed by atoms with Gasteiger partial charge in [0.05, 0.1) is 15.7 Å². The van der Waals surface area contributed by atoms with Crippen LogP contribution in [-0.2, 0) is 4.79 Å². The lowest BCUT2D eigenvalue weighted by Crippen LogP contribution is -2.20. The third-order valence-electron chi connectivity index (χ3n) is 3.38. The van der Waals surface area contributed by atoms with Crippen molar-refractivity contribution in [3.8, 4) is 5.75 Å². The van der Waals surface area contributed by atoms with E-state index >= 15 is 0 Å². The van der Waals surface area contributed by atoms with Crippen molar-refractivity contribution in [1.29, 1.82) is 0 Å². The lowest BCUT2D eigenvalue weighted by atomic mass is 10.0. The fourth-order valence-electron chi connectivity index (χ4n) is 2.17. The number of rotatable bonds is 5. The molecular weight excluding hydrogens is 333 g/mol. The Morgan fingerprint density at radius 2 is 1.96 bits per heavy atom. The molecule has 0 aliphatic heterocycles. The maximum absolute atomic E-state index is 12.1. The summed E-state index contributed by atoms with van der Waals surface area (Å²) < 4.78 is 5.70. The molecule has 0 spiro atoms. The van der Waals surface area contributed by atoms with Crippen molar-refractivity contribution in [2.45, 2.75) is 26.7 Å². The maximum atomic E-state index is 12.1. The molecule has 0 heterocycles. The number of aryl methyl sites for hydroxylation is 1. The zero-order valence-corrected chi connectivity index (χ0v) is 14.8. The number of benzene rings is 2. The van der Waals surface area contributed by atoms with Crippen LogP contribution in [0.2, 0.25) is 10.0 Å². The first-order valence-electron chi connectivity index (χ1n) is 7.35. The Hall–Kier alpha value is -1.71. The highest BCUT2D eigenvalue weighted by molar-refractivity contribution is 6.43. The standard InChI is InChI=1S/C18H19Cl2NO2/c1-11(2)13-8-7-12(3)9-16(13)23-10-17(22)21-15-6-4-5-14(19)18(15)20/h4-9,11H,10H2,1-3H3,(H,21,22). The number of hydrogen-bond donors (Lipinski definition) is 1. The normalized spacial score (nSPS) is 10.7. The molecule has 0 aliphatic carbocycles.